The smallest absolute Gasteiger partial charge is 0.216 e. The molecule has 0 amide bonds. The molecule has 2 aliphatic heterocycles. The summed E-state index contributed by atoms with van der Waals surface area (Å²) in [6.07, 6.45) is 0.883. The highest BCUT2D eigenvalue weighted by Crippen LogP contribution is 2.51. The summed E-state index contributed by atoms with van der Waals surface area (Å²) in [6, 6.07) is 5.56. The molecular formula is C17H20N4O2S2. The highest BCUT2D eigenvalue weighted by molar-refractivity contribution is 8.07. The summed E-state index contributed by atoms with van der Waals surface area (Å²) in [4.78, 5) is 0. The monoisotopic (exact) mass is 376 g/mol. The Labute approximate surface area is 155 Å². The van der Waals surface area contributed by atoms with Crippen molar-refractivity contribution >= 4 is 23.5 Å². The Morgan fingerprint density at radius 3 is 2.92 bits per heavy atom. The number of nitrogens with zero attached hydrogens (tertiary/aromatic N) is 4. The van der Waals surface area contributed by atoms with Crippen LogP contribution in [0.2, 0.25) is 0 Å². The molecule has 25 heavy (non-hydrogen) atoms. The number of rotatable bonds is 5. The second-order valence-electron chi connectivity index (χ2n) is 6.36. The summed E-state index contributed by atoms with van der Waals surface area (Å²) in [7, 11) is 0. The maximum Gasteiger partial charge on any atom is 0.216 e. The molecular weight excluding hydrogens is 356 g/mol. The molecule has 0 saturated heterocycles. The predicted molar refractivity (Wildman–Crippen MR) is 100 cm³/mol. The molecule has 0 saturated carbocycles. The largest absolute Gasteiger partial charge is 0.504 e. The van der Waals surface area contributed by atoms with Crippen molar-refractivity contribution in [3.63, 3.8) is 0 Å². The molecule has 2 aromatic rings. The summed E-state index contributed by atoms with van der Waals surface area (Å²) in [5, 5.41) is 25.2. The van der Waals surface area contributed by atoms with Gasteiger partial charge in [-0.05, 0) is 42.3 Å². The summed E-state index contributed by atoms with van der Waals surface area (Å²) in [5.41, 5.74) is 1.08. The average Bonchev–Trinajstić information content (AvgIpc) is 3.22. The number of ether oxygens (including phenoxy) is 1. The Hall–Kier alpha value is -1.80. The summed E-state index contributed by atoms with van der Waals surface area (Å²) >= 11 is 3.39. The fourth-order valence-electron chi connectivity index (χ4n) is 2.96. The fraction of sp³-hybridized carbons (Fsp3) is 0.412. The van der Waals surface area contributed by atoms with Gasteiger partial charge in [0.05, 0.1) is 6.61 Å². The van der Waals surface area contributed by atoms with Crippen molar-refractivity contribution in [3.05, 3.63) is 40.0 Å². The van der Waals surface area contributed by atoms with Crippen LogP contribution >= 0.6 is 23.5 Å². The Kier molecular flexibility index (Phi) is 4.33. The van der Waals surface area contributed by atoms with Gasteiger partial charge in [0.1, 0.15) is 10.4 Å². The molecule has 132 valence electrons. The molecule has 3 heterocycles. The molecule has 0 bridgehead atoms. The van der Waals surface area contributed by atoms with Gasteiger partial charge in [0.15, 0.2) is 17.3 Å². The topological polar surface area (TPSA) is 63.4 Å². The summed E-state index contributed by atoms with van der Waals surface area (Å²) in [5.74, 6) is 2.19. The van der Waals surface area contributed by atoms with E-state index in [1.54, 1.807) is 29.6 Å². The Balaban J connectivity index is 1.70. The van der Waals surface area contributed by atoms with E-state index in [4.69, 9.17) is 4.74 Å². The lowest BCUT2D eigenvalue weighted by Crippen LogP contribution is -2.31. The number of fused-ring (bicyclic) bond motifs is 3. The number of hydrogen-bond donors (Lipinski definition) is 1. The third kappa shape index (κ3) is 2.87. The number of aromatic hydroxyl groups is 1. The number of thioether (sulfide) groups is 2. The van der Waals surface area contributed by atoms with Crippen LogP contribution in [-0.4, -0.2) is 26.6 Å². The first-order chi connectivity index (χ1) is 12.1. The first-order valence-corrected chi connectivity index (χ1v) is 10.1. The van der Waals surface area contributed by atoms with Gasteiger partial charge >= 0.3 is 0 Å². The number of benzene rings is 1. The molecule has 1 aromatic carbocycles. The standard InChI is InChI=1S/C17H20N4O2S2/c1-4-23-13-8-11(5-6-12(13)22)16-21-15(9-24-16)25-17-19-18-14(20(17)21)7-10(2)3/h5-6,8-10,16,22H,4,7H2,1-3H3. The number of phenolic OH excluding ortho intramolecular Hbond substituents is 1. The SMILES string of the molecule is CCOc1cc(C2SC=C3Sc4nnc(CC(C)C)n4N32)ccc1O. The van der Waals surface area contributed by atoms with E-state index >= 15 is 0 Å². The van der Waals surface area contributed by atoms with Gasteiger partial charge in [-0.25, -0.2) is 4.68 Å². The van der Waals surface area contributed by atoms with Crippen molar-refractivity contribution in [2.75, 3.05) is 11.6 Å². The second kappa shape index (κ2) is 6.49. The van der Waals surface area contributed by atoms with Crippen LogP contribution in [0, 0.1) is 5.92 Å². The molecule has 2 aliphatic rings. The number of hydrogen-bond acceptors (Lipinski definition) is 7. The van der Waals surface area contributed by atoms with Crippen LogP contribution in [-0.2, 0) is 6.42 Å². The van der Waals surface area contributed by atoms with Gasteiger partial charge in [-0.1, -0.05) is 31.7 Å². The average molecular weight is 377 g/mol. The lowest BCUT2D eigenvalue weighted by Gasteiger charge is -2.26. The molecule has 4 rings (SSSR count). The Morgan fingerprint density at radius 2 is 2.16 bits per heavy atom. The van der Waals surface area contributed by atoms with Crippen LogP contribution in [0.5, 0.6) is 11.5 Å². The number of aromatic nitrogens is 3. The van der Waals surface area contributed by atoms with Crippen molar-refractivity contribution in [2.45, 2.75) is 37.7 Å². The molecule has 1 aromatic heterocycles. The first kappa shape index (κ1) is 16.7. The molecule has 0 radical (unpaired) electrons. The van der Waals surface area contributed by atoms with Crippen LogP contribution in [0.4, 0.5) is 0 Å². The zero-order chi connectivity index (χ0) is 17.6. The zero-order valence-electron chi connectivity index (χ0n) is 14.3. The third-order valence-corrected chi connectivity index (χ3v) is 6.18. The van der Waals surface area contributed by atoms with E-state index in [0.717, 1.165) is 28.0 Å². The van der Waals surface area contributed by atoms with E-state index in [9.17, 15) is 5.11 Å². The fourth-order valence-corrected chi connectivity index (χ4v) is 5.20. The van der Waals surface area contributed by atoms with E-state index in [1.807, 2.05) is 19.1 Å². The van der Waals surface area contributed by atoms with Crippen LogP contribution < -0.4 is 9.75 Å². The lowest BCUT2D eigenvalue weighted by atomic mass is 10.1. The van der Waals surface area contributed by atoms with Gasteiger partial charge in [-0.2, -0.15) is 0 Å². The minimum atomic E-state index is 0.0745. The highest BCUT2D eigenvalue weighted by Gasteiger charge is 2.39. The van der Waals surface area contributed by atoms with E-state index in [2.05, 4.69) is 39.1 Å². The molecule has 0 fully saturated rings. The van der Waals surface area contributed by atoms with Crippen molar-refractivity contribution in [2.24, 2.45) is 5.92 Å². The second-order valence-corrected chi connectivity index (χ2v) is 8.30. The molecule has 1 atom stereocenters. The molecule has 0 aliphatic carbocycles. The minimum Gasteiger partial charge on any atom is -0.504 e. The molecule has 6 nitrogen and oxygen atoms in total. The first-order valence-electron chi connectivity index (χ1n) is 8.31. The highest BCUT2D eigenvalue weighted by atomic mass is 32.2. The van der Waals surface area contributed by atoms with E-state index in [0.29, 0.717) is 18.3 Å². The van der Waals surface area contributed by atoms with E-state index < -0.39 is 0 Å². The van der Waals surface area contributed by atoms with Crippen LogP contribution in [0.25, 0.3) is 0 Å². The van der Waals surface area contributed by atoms with E-state index in [-0.39, 0.29) is 11.1 Å². The Morgan fingerprint density at radius 1 is 1.32 bits per heavy atom. The third-order valence-electron chi connectivity index (χ3n) is 3.99. The minimum absolute atomic E-state index is 0.0745. The number of phenols is 1. The van der Waals surface area contributed by atoms with Gasteiger partial charge in [-0.15, -0.1) is 10.2 Å². The molecule has 8 heteroatoms. The van der Waals surface area contributed by atoms with Crippen molar-refractivity contribution < 1.29 is 9.84 Å². The molecule has 1 unspecified atom stereocenters. The van der Waals surface area contributed by atoms with Crippen molar-refractivity contribution in [1.29, 1.82) is 0 Å². The van der Waals surface area contributed by atoms with E-state index in [1.165, 1.54) is 0 Å². The molecule has 0 spiro atoms. The van der Waals surface area contributed by atoms with Crippen LogP contribution in [0.15, 0.2) is 33.8 Å². The predicted octanol–water partition coefficient (Wildman–Crippen LogP) is 3.87. The van der Waals surface area contributed by atoms with Gasteiger partial charge < -0.3 is 9.84 Å². The lowest BCUT2D eigenvalue weighted by molar-refractivity contribution is 0.317. The van der Waals surface area contributed by atoms with Gasteiger partial charge in [-0.3, -0.25) is 5.01 Å². The van der Waals surface area contributed by atoms with Gasteiger partial charge in [0.2, 0.25) is 5.16 Å². The van der Waals surface area contributed by atoms with Crippen LogP contribution in [0.3, 0.4) is 0 Å². The normalized spacial score (nSPS) is 18.5. The van der Waals surface area contributed by atoms with Crippen molar-refractivity contribution in [1.82, 2.24) is 14.9 Å². The van der Waals surface area contributed by atoms with Gasteiger partial charge in [0, 0.05) is 11.8 Å². The van der Waals surface area contributed by atoms with Crippen molar-refractivity contribution in [3.8, 4) is 11.5 Å². The zero-order valence-corrected chi connectivity index (χ0v) is 16.0. The quantitative estimate of drug-likeness (QED) is 0.850. The maximum atomic E-state index is 9.98. The van der Waals surface area contributed by atoms with Crippen LogP contribution in [0.1, 0.15) is 37.5 Å². The molecule has 1 N–H and O–H groups in total. The maximum absolute atomic E-state index is 9.98. The summed E-state index contributed by atoms with van der Waals surface area (Å²) in [6.45, 7) is 6.80. The summed E-state index contributed by atoms with van der Waals surface area (Å²) < 4.78 is 7.68. The Bertz CT molecular complexity index is 834. The van der Waals surface area contributed by atoms with Gasteiger partial charge in [0.25, 0.3) is 0 Å².